The molecule has 2 rings (SSSR count). The fourth-order valence-corrected chi connectivity index (χ4v) is 2.19. The molecule has 0 heterocycles. The first-order valence-corrected chi connectivity index (χ1v) is 6.50. The van der Waals surface area contributed by atoms with E-state index in [0.717, 1.165) is 23.3 Å². The first kappa shape index (κ1) is 13.9. The van der Waals surface area contributed by atoms with Crippen molar-refractivity contribution in [1.29, 1.82) is 0 Å². The maximum absolute atomic E-state index is 13.6. The van der Waals surface area contributed by atoms with E-state index in [2.05, 4.69) is 15.9 Å². The zero-order chi connectivity index (χ0) is 14.0. The molecule has 2 aromatic rings. The highest BCUT2D eigenvalue weighted by Crippen LogP contribution is 2.21. The van der Waals surface area contributed by atoms with Crippen molar-refractivity contribution in [2.45, 2.75) is 13.3 Å². The van der Waals surface area contributed by atoms with Crippen molar-refractivity contribution >= 4 is 21.7 Å². The second-order valence-electron chi connectivity index (χ2n) is 4.33. The number of hydrogen-bond acceptors (Lipinski definition) is 1. The molecule has 0 aliphatic rings. The smallest absolute Gasteiger partial charge is 0.173 e. The molecule has 0 bridgehead atoms. The highest BCUT2D eigenvalue weighted by Gasteiger charge is 2.18. The summed E-state index contributed by atoms with van der Waals surface area (Å²) in [5.41, 5.74) is 1.32. The van der Waals surface area contributed by atoms with Crippen molar-refractivity contribution in [1.82, 2.24) is 0 Å². The van der Waals surface area contributed by atoms with Crippen LogP contribution in [0.25, 0.3) is 0 Å². The number of Topliss-reactive ketones (excluding diaryl/α,β-unsaturated/α-hetero) is 1. The van der Waals surface area contributed by atoms with Crippen LogP contribution < -0.4 is 0 Å². The topological polar surface area (TPSA) is 17.1 Å². The van der Waals surface area contributed by atoms with Crippen molar-refractivity contribution in [3.05, 3.63) is 69.2 Å². The van der Waals surface area contributed by atoms with Crippen LogP contribution in [-0.2, 0) is 6.42 Å². The van der Waals surface area contributed by atoms with Gasteiger partial charge in [0, 0.05) is 10.9 Å². The Labute approximate surface area is 118 Å². The van der Waals surface area contributed by atoms with E-state index in [1.165, 1.54) is 0 Å². The number of carbonyl (C=O) groups excluding carboxylic acids is 1. The monoisotopic (exact) mass is 324 g/mol. The maximum atomic E-state index is 13.6. The molecular weight excluding hydrogens is 314 g/mol. The van der Waals surface area contributed by atoms with Crippen molar-refractivity contribution in [3.63, 3.8) is 0 Å². The molecule has 0 amide bonds. The van der Waals surface area contributed by atoms with E-state index >= 15 is 0 Å². The molecule has 0 unspecified atom stereocenters. The maximum Gasteiger partial charge on any atom is 0.173 e. The molecule has 0 spiro atoms. The van der Waals surface area contributed by atoms with Gasteiger partial charge in [0.05, 0.1) is 5.56 Å². The van der Waals surface area contributed by atoms with Gasteiger partial charge in [0.15, 0.2) is 5.78 Å². The predicted molar refractivity (Wildman–Crippen MR) is 73.3 cm³/mol. The van der Waals surface area contributed by atoms with E-state index in [1.807, 2.05) is 19.1 Å². The summed E-state index contributed by atoms with van der Waals surface area (Å²) in [6, 6.07) is 9.45. The molecule has 0 saturated heterocycles. The number of halogens is 3. The van der Waals surface area contributed by atoms with E-state index in [1.54, 1.807) is 12.1 Å². The molecule has 0 aliphatic carbocycles. The minimum Gasteiger partial charge on any atom is -0.294 e. The number of ketones is 1. The fourth-order valence-electron chi connectivity index (χ4n) is 1.79. The minimum atomic E-state index is -0.844. The Bertz CT molecular complexity index is 598. The summed E-state index contributed by atoms with van der Waals surface area (Å²) >= 11 is 2.98. The standard InChI is InChI=1S/C15H11BrF2O/c1-9-2-4-10(5-3-9)6-14(19)15-12(17)7-11(16)8-13(15)18/h2-5,7-8H,6H2,1H3. The summed E-state index contributed by atoms with van der Waals surface area (Å²) < 4.78 is 27.5. The number of hydrogen-bond donors (Lipinski definition) is 0. The summed E-state index contributed by atoms with van der Waals surface area (Å²) in [4.78, 5) is 12.0. The second kappa shape index (κ2) is 5.61. The lowest BCUT2D eigenvalue weighted by Crippen LogP contribution is -2.09. The van der Waals surface area contributed by atoms with Crippen LogP contribution in [0.3, 0.4) is 0 Å². The number of rotatable bonds is 3. The van der Waals surface area contributed by atoms with Gasteiger partial charge in [-0.2, -0.15) is 0 Å². The number of aryl methyl sites for hydroxylation is 1. The van der Waals surface area contributed by atoms with E-state index in [-0.39, 0.29) is 10.9 Å². The normalized spacial score (nSPS) is 10.5. The zero-order valence-electron chi connectivity index (χ0n) is 10.2. The molecule has 0 aromatic heterocycles. The highest BCUT2D eigenvalue weighted by molar-refractivity contribution is 9.10. The highest BCUT2D eigenvalue weighted by atomic mass is 79.9. The van der Waals surface area contributed by atoms with Gasteiger partial charge in [-0.1, -0.05) is 45.8 Å². The van der Waals surface area contributed by atoms with Crippen LogP contribution in [0.2, 0.25) is 0 Å². The average molecular weight is 325 g/mol. The first-order valence-electron chi connectivity index (χ1n) is 5.70. The van der Waals surface area contributed by atoms with Crippen LogP contribution in [0.1, 0.15) is 21.5 Å². The molecule has 19 heavy (non-hydrogen) atoms. The summed E-state index contributed by atoms with van der Waals surface area (Å²) in [6.45, 7) is 1.93. The Morgan fingerprint density at radius 2 is 1.63 bits per heavy atom. The molecule has 4 heteroatoms. The molecule has 2 aromatic carbocycles. The summed E-state index contributed by atoms with van der Waals surface area (Å²) in [5, 5.41) is 0. The Kier molecular flexibility index (Phi) is 4.10. The van der Waals surface area contributed by atoms with Crippen LogP contribution in [0, 0.1) is 18.6 Å². The van der Waals surface area contributed by atoms with Crippen LogP contribution in [0.15, 0.2) is 40.9 Å². The van der Waals surface area contributed by atoms with Crippen molar-refractivity contribution in [2.75, 3.05) is 0 Å². The minimum absolute atomic E-state index is 0.0181. The molecule has 0 N–H and O–H groups in total. The largest absolute Gasteiger partial charge is 0.294 e. The molecule has 0 radical (unpaired) electrons. The lowest BCUT2D eigenvalue weighted by atomic mass is 10.0. The molecule has 1 nitrogen and oxygen atoms in total. The van der Waals surface area contributed by atoms with Crippen molar-refractivity contribution in [2.24, 2.45) is 0 Å². The van der Waals surface area contributed by atoms with Crippen LogP contribution in [0.4, 0.5) is 8.78 Å². The zero-order valence-corrected chi connectivity index (χ0v) is 11.8. The molecule has 0 saturated carbocycles. The van der Waals surface area contributed by atoms with Gasteiger partial charge in [0.2, 0.25) is 0 Å². The molecule has 98 valence electrons. The number of benzene rings is 2. The SMILES string of the molecule is Cc1ccc(CC(=O)c2c(F)cc(Br)cc2F)cc1. The number of carbonyl (C=O) groups is 1. The predicted octanol–water partition coefficient (Wildman–Crippen LogP) is 4.46. The summed E-state index contributed by atoms with van der Waals surface area (Å²) in [7, 11) is 0. The van der Waals surface area contributed by atoms with Gasteiger partial charge < -0.3 is 0 Å². The third-order valence-corrected chi connectivity index (χ3v) is 3.23. The van der Waals surface area contributed by atoms with E-state index in [0.29, 0.717) is 0 Å². The van der Waals surface area contributed by atoms with Crippen LogP contribution >= 0.6 is 15.9 Å². The van der Waals surface area contributed by atoms with Gasteiger partial charge in [-0.25, -0.2) is 8.78 Å². The summed E-state index contributed by atoms with van der Waals surface area (Å²) in [5.74, 6) is -2.25. The van der Waals surface area contributed by atoms with Gasteiger partial charge in [0.25, 0.3) is 0 Å². The van der Waals surface area contributed by atoms with E-state index < -0.39 is 23.0 Å². The van der Waals surface area contributed by atoms with Gasteiger partial charge in [-0.3, -0.25) is 4.79 Å². The van der Waals surface area contributed by atoms with E-state index in [4.69, 9.17) is 0 Å². The Balaban J connectivity index is 2.28. The molecule has 0 fully saturated rings. The molecule has 0 aliphatic heterocycles. The fraction of sp³-hybridized carbons (Fsp3) is 0.133. The van der Waals surface area contributed by atoms with Gasteiger partial charge in [0.1, 0.15) is 11.6 Å². The Morgan fingerprint density at radius 3 is 2.16 bits per heavy atom. The van der Waals surface area contributed by atoms with E-state index in [9.17, 15) is 13.6 Å². The Hall–Kier alpha value is -1.55. The quantitative estimate of drug-likeness (QED) is 0.762. The summed E-state index contributed by atoms with van der Waals surface area (Å²) in [6.07, 6.45) is -0.0181. The second-order valence-corrected chi connectivity index (χ2v) is 5.25. The third kappa shape index (κ3) is 3.26. The van der Waals surface area contributed by atoms with Crippen molar-refractivity contribution in [3.8, 4) is 0 Å². The lowest BCUT2D eigenvalue weighted by molar-refractivity contribution is 0.0985. The lowest BCUT2D eigenvalue weighted by Gasteiger charge is -2.05. The van der Waals surface area contributed by atoms with Crippen LogP contribution in [-0.4, -0.2) is 5.78 Å². The average Bonchev–Trinajstić information content (AvgIpc) is 2.30. The van der Waals surface area contributed by atoms with Crippen LogP contribution in [0.5, 0.6) is 0 Å². The molecule has 0 atom stereocenters. The van der Waals surface area contributed by atoms with Gasteiger partial charge >= 0.3 is 0 Å². The molecular formula is C15H11BrF2O. The van der Waals surface area contributed by atoms with Crippen molar-refractivity contribution < 1.29 is 13.6 Å². The van der Waals surface area contributed by atoms with Gasteiger partial charge in [-0.15, -0.1) is 0 Å². The van der Waals surface area contributed by atoms with Gasteiger partial charge in [-0.05, 0) is 24.6 Å². The Morgan fingerprint density at radius 1 is 1.11 bits per heavy atom. The third-order valence-electron chi connectivity index (χ3n) is 2.77. The first-order chi connectivity index (χ1) is 8.97.